The van der Waals surface area contributed by atoms with Crippen LogP contribution in [0.3, 0.4) is 0 Å². The number of hydrogen-bond acceptors (Lipinski definition) is 6. The number of aliphatic carboxylic acids is 1. The number of Topliss-reactive ketones (excluding diaryl/α,β-unsaturated/α-hetero) is 1. The minimum Gasteiger partial charge on any atom is -0.497 e. The summed E-state index contributed by atoms with van der Waals surface area (Å²) in [6.07, 6.45) is -1.03. The van der Waals surface area contributed by atoms with Gasteiger partial charge in [-0.3, -0.25) is 10.1 Å². The standard InChI is InChI=1S/C23H27NO7/c1-22(2,3)31-21(28)24-23(20(26)27,30-18-8-6-5-7-9-18)19(25)15-12-16-10-13-17(29-4)14-11-16/h5-11,13-14H,12,15H2,1-4H3,(H,24,28)(H,26,27). The molecular weight excluding hydrogens is 402 g/mol. The highest BCUT2D eigenvalue weighted by molar-refractivity contribution is 6.08. The van der Waals surface area contributed by atoms with Gasteiger partial charge in [-0.15, -0.1) is 0 Å². The van der Waals surface area contributed by atoms with Crippen molar-refractivity contribution in [2.45, 2.75) is 44.9 Å². The van der Waals surface area contributed by atoms with Gasteiger partial charge in [0.2, 0.25) is 5.78 Å². The number of hydrogen-bond donors (Lipinski definition) is 2. The second-order valence-electron chi connectivity index (χ2n) is 7.80. The van der Waals surface area contributed by atoms with Crippen LogP contribution in [0.1, 0.15) is 32.8 Å². The minimum atomic E-state index is -2.64. The molecule has 0 saturated heterocycles. The number of para-hydroxylation sites is 1. The van der Waals surface area contributed by atoms with Crippen molar-refractivity contribution >= 4 is 17.8 Å². The lowest BCUT2D eigenvalue weighted by molar-refractivity contribution is -0.165. The van der Waals surface area contributed by atoms with Gasteiger partial charge in [0.1, 0.15) is 17.1 Å². The molecule has 0 bridgehead atoms. The lowest BCUT2D eigenvalue weighted by Crippen LogP contribution is -2.64. The summed E-state index contributed by atoms with van der Waals surface area (Å²) in [7, 11) is 1.54. The number of carboxylic acids is 1. The van der Waals surface area contributed by atoms with Gasteiger partial charge in [-0.2, -0.15) is 0 Å². The van der Waals surface area contributed by atoms with Gasteiger partial charge in [-0.1, -0.05) is 30.3 Å². The van der Waals surface area contributed by atoms with Crippen LogP contribution in [0.2, 0.25) is 0 Å². The number of ether oxygens (including phenoxy) is 3. The van der Waals surface area contributed by atoms with Gasteiger partial charge >= 0.3 is 17.8 Å². The Kier molecular flexibility index (Phi) is 7.63. The highest BCUT2D eigenvalue weighted by Gasteiger charge is 2.51. The van der Waals surface area contributed by atoms with Gasteiger partial charge in [0, 0.05) is 6.42 Å². The smallest absolute Gasteiger partial charge is 0.411 e. The van der Waals surface area contributed by atoms with E-state index < -0.39 is 29.2 Å². The van der Waals surface area contributed by atoms with Gasteiger partial charge in [0.05, 0.1) is 7.11 Å². The maximum Gasteiger partial charge on any atom is 0.411 e. The predicted molar refractivity (Wildman–Crippen MR) is 113 cm³/mol. The molecule has 8 heteroatoms. The molecule has 166 valence electrons. The van der Waals surface area contributed by atoms with Crippen LogP contribution < -0.4 is 14.8 Å². The van der Waals surface area contributed by atoms with Crippen molar-refractivity contribution in [3.05, 3.63) is 60.2 Å². The molecule has 1 unspecified atom stereocenters. The summed E-state index contributed by atoms with van der Waals surface area (Å²) >= 11 is 0. The van der Waals surface area contributed by atoms with Crippen molar-refractivity contribution in [3.63, 3.8) is 0 Å². The largest absolute Gasteiger partial charge is 0.497 e. The van der Waals surface area contributed by atoms with Crippen molar-refractivity contribution < 1.29 is 33.7 Å². The average molecular weight is 429 g/mol. The quantitative estimate of drug-likeness (QED) is 0.463. The number of methoxy groups -OCH3 is 1. The molecule has 31 heavy (non-hydrogen) atoms. The maximum absolute atomic E-state index is 13.1. The zero-order chi connectivity index (χ0) is 23.1. The summed E-state index contributed by atoms with van der Waals surface area (Å²) in [6.45, 7) is 4.87. The first-order valence-corrected chi connectivity index (χ1v) is 9.70. The summed E-state index contributed by atoms with van der Waals surface area (Å²) in [5, 5.41) is 12.1. The van der Waals surface area contributed by atoms with Crippen molar-refractivity contribution in [3.8, 4) is 11.5 Å². The highest BCUT2D eigenvalue weighted by Crippen LogP contribution is 2.22. The second kappa shape index (κ2) is 9.97. The third-order valence-electron chi connectivity index (χ3n) is 4.18. The molecule has 8 nitrogen and oxygen atoms in total. The second-order valence-corrected chi connectivity index (χ2v) is 7.80. The molecule has 2 aromatic carbocycles. The Morgan fingerprint density at radius 2 is 1.55 bits per heavy atom. The summed E-state index contributed by atoms with van der Waals surface area (Å²) in [5.41, 5.74) is -2.74. The van der Waals surface area contributed by atoms with Gasteiger partial charge in [-0.25, -0.2) is 9.59 Å². The van der Waals surface area contributed by atoms with Gasteiger partial charge in [0.15, 0.2) is 0 Å². The van der Waals surface area contributed by atoms with Gasteiger partial charge < -0.3 is 19.3 Å². The Morgan fingerprint density at radius 1 is 0.935 bits per heavy atom. The maximum atomic E-state index is 13.1. The molecule has 0 saturated carbocycles. The number of benzene rings is 2. The van der Waals surface area contributed by atoms with Crippen LogP contribution in [0.4, 0.5) is 4.79 Å². The Balaban J connectivity index is 2.29. The van der Waals surface area contributed by atoms with E-state index in [9.17, 15) is 19.5 Å². The molecule has 2 aromatic rings. The zero-order valence-corrected chi connectivity index (χ0v) is 18.0. The fourth-order valence-corrected chi connectivity index (χ4v) is 2.71. The molecule has 2 N–H and O–H groups in total. The summed E-state index contributed by atoms with van der Waals surface area (Å²) in [6, 6.07) is 15.0. The fraction of sp³-hybridized carbons (Fsp3) is 0.348. The number of aryl methyl sites for hydroxylation is 1. The van der Waals surface area contributed by atoms with E-state index in [1.807, 2.05) is 0 Å². The average Bonchev–Trinajstić information content (AvgIpc) is 2.71. The number of nitrogens with one attached hydrogen (secondary N) is 1. The SMILES string of the molecule is COc1ccc(CCC(=O)C(NC(=O)OC(C)(C)C)(Oc2ccccc2)C(=O)O)cc1. The molecule has 0 aliphatic heterocycles. The monoisotopic (exact) mass is 429 g/mol. The number of carbonyl (C=O) groups is 3. The van der Waals surface area contributed by atoms with E-state index in [2.05, 4.69) is 5.32 Å². The molecule has 1 amide bonds. The molecule has 2 rings (SSSR count). The number of carboxylic acid groups (broad SMARTS) is 1. The molecule has 0 fully saturated rings. The van der Waals surface area contributed by atoms with Crippen LogP contribution in [-0.2, 0) is 20.7 Å². The number of carbonyl (C=O) groups excluding carboxylic acids is 2. The Bertz CT molecular complexity index is 904. The van der Waals surface area contributed by atoms with E-state index in [4.69, 9.17) is 14.2 Å². The van der Waals surface area contributed by atoms with Crippen molar-refractivity contribution in [1.29, 1.82) is 0 Å². The van der Waals surface area contributed by atoms with Crippen LogP contribution in [0.5, 0.6) is 11.5 Å². The lowest BCUT2D eigenvalue weighted by atomic mass is 10.00. The number of amides is 1. The van der Waals surface area contributed by atoms with Crippen LogP contribution in [0.15, 0.2) is 54.6 Å². The minimum absolute atomic E-state index is 0.110. The number of ketones is 1. The Labute approximate surface area is 181 Å². The normalized spacial score (nSPS) is 12.9. The van der Waals surface area contributed by atoms with Crippen molar-refractivity contribution in [2.24, 2.45) is 0 Å². The van der Waals surface area contributed by atoms with E-state index in [0.717, 1.165) is 5.56 Å². The van der Waals surface area contributed by atoms with Crippen LogP contribution >= 0.6 is 0 Å². The molecule has 0 aromatic heterocycles. The summed E-state index contributed by atoms with van der Waals surface area (Å²) in [5.74, 6) is -1.71. The molecular formula is C23H27NO7. The number of alkyl carbamates (subject to hydrolysis) is 1. The zero-order valence-electron chi connectivity index (χ0n) is 18.0. The Morgan fingerprint density at radius 3 is 2.06 bits per heavy atom. The van der Waals surface area contributed by atoms with Gasteiger partial charge in [-0.05, 0) is 57.0 Å². The lowest BCUT2D eigenvalue weighted by Gasteiger charge is -2.31. The van der Waals surface area contributed by atoms with E-state index >= 15 is 0 Å². The Hall–Kier alpha value is -3.55. The van der Waals surface area contributed by atoms with E-state index in [1.165, 1.54) is 12.1 Å². The topological polar surface area (TPSA) is 111 Å². The van der Waals surface area contributed by atoms with E-state index in [0.29, 0.717) is 5.75 Å². The fourth-order valence-electron chi connectivity index (χ4n) is 2.71. The predicted octanol–water partition coefficient (Wildman–Crippen LogP) is 3.58. The van der Waals surface area contributed by atoms with Crippen LogP contribution in [0, 0.1) is 0 Å². The molecule has 0 radical (unpaired) electrons. The molecule has 0 heterocycles. The van der Waals surface area contributed by atoms with Gasteiger partial charge in [0.25, 0.3) is 0 Å². The van der Waals surface area contributed by atoms with E-state index in [1.54, 1.807) is 70.3 Å². The highest BCUT2D eigenvalue weighted by atomic mass is 16.6. The van der Waals surface area contributed by atoms with Crippen LogP contribution in [-0.4, -0.2) is 41.4 Å². The third-order valence-corrected chi connectivity index (χ3v) is 4.18. The summed E-state index contributed by atoms with van der Waals surface area (Å²) in [4.78, 5) is 37.7. The van der Waals surface area contributed by atoms with E-state index in [-0.39, 0.29) is 18.6 Å². The summed E-state index contributed by atoms with van der Waals surface area (Å²) < 4.78 is 15.8. The van der Waals surface area contributed by atoms with Crippen LogP contribution in [0.25, 0.3) is 0 Å². The number of rotatable bonds is 9. The first kappa shape index (κ1) is 23.7. The first-order valence-electron chi connectivity index (χ1n) is 9.70. The third kappa shape index (κ3) is 6.74. The molecule has 1 atom stereocenters. The molecule has 0 spiro atoms. The molecule has 0 aliphatic rings. The molecule has 0 aliphatic carbocycles. The van der Waals surface area contributed by atoms with Crippen molar-refractivity contribution in [1.82, 2.24) is 5.32 Å². The van der Waals surface area contributed by atoms with Crippen molar-refractivity contribution in [2.75, 3.05) is 7.11 Å². The first-order chi connectivity index (χ1) is 14.6.